The van der Waals surface area contributed by atoms with Crippen LogP contribution in [0.5, 0.6) is 0 Å². The van der Waals surface area contributed by atoms with Gasteiger partial charge in [0.15, 0.2) is 0 Å². The van der Waals surface area contributed by atoms with E-state index in [1.54, 1.807) is 0 Å². The molecule has 2 rings (SSSR count). The molecular weight excluding hydrogens is 258 g/mol. The van der Waals surface area contributed by atoms with Gasteiger partial charge in [0.2, 0.25) is 0 Å². The predicted octanol–water partition coefficient (Wildman–Crippen LogP) is 2.72. The number of methoxy groups -OCH3 is 1. The third-order valence-corrected chi connectivity index (χ3v) is 4.50. The fraction of sp³-hybridized carbons (Fsp3) is 0.533. The van der Waals surface area contributed by atoms with Crippen LogP contribution in [0.2, 0.25) is 0 Å². The summed E-state index contributed by atoms with van der Waals surface area (Å²) in [6, 6.07) is 8.55. The molecule has 1 saturated heterocycles. The third-order valence-electron chi connectivity index (χ3n) is 3.51. The molecule has 1 aliphatic heterocycles. The van der Waals surface area contributed by atoms with Gasteiger partial charge in [-0.1, -0.05) is 17.7 Å². The standard InChI is InChI=1S/C15H21NO2S/c1-12-5-7-13(8-6-12)19-11-10-16-9-3-4-14(16)15(17)18-2/h5-8,14H,3-4,9-11H2,1-2H3. The Kier molecular flexibility index (Phi) is 5.28. The zero-order valence-corrected chi connectivity index (χ0v) is 12.4. The number of carbonyl (C=O) groups is 1. The van der Waals surface area contributed by atoms with E-state index < -0.39 is 0 Å². The van der Waals surface area contributed by atoms with E-state index in [1.807, 2.05) is 11.8 Å². The number of thioether (sulfide) groups is 1. The van der Waals surface area contributed by atoms with Crippen LogP contribution in [-0.4, -0.2) is 42.9 Å². The molecule has 1 atom stereocenters. The van der Waals surface area contributed by atoms with Crippen molar-refractivity contribution in [2.45, 2.75) is 30.7 Å². The molecule has 4 heteroatoms. The van der Waals surface area contributed by atoms with Gasteiger partial charge in [0, 0.05) is 17.2 Å². The summed E-state index contributed by atoms with van der Waals surface area (Å²) in [6.07, 6.45) is 2.02. The SMILES string of the molecule is COC(=O)C1CCCN1CCSc1ccc(C)cc1. The monoisotopic (exact) mass is 279 g/mol. The van der Waals surface area contributed by atoms with Gasteiger partial charge in [0.1, 0.15) is 6.04 Å². The third kappa shape index (κ3) is 3.98. The van der Waals surface area contributed by atoms with Crippen molar-refractivity contribution in [1.82, 2.24) is 4.90 Å². The molecule has 1 unspecified atom stereocenters. The van der Waals surface area contributed by atoms with Gasteiger partial charge in [-0.05, 0) is 38.4 Å². The van der Waals surface area contributed by atoms with Crippen LogP contribution in [0.3, 0.4) is 0 Å². The number of aryl methyl sites for hydroxylation is 1. The Morgan fingerprint density at radius 3 is 2.84 bits per heavy atom. The fourth-order valence-corrected chi connectivity index (χ4v) is 3.30. The van der Waals surface area contributed by atoms with Crippen molar-refractivity contribution in [3.63, 3.8) is 0 Å². The van der Waals surface area contributed by atoms with Crippen LogP contribution in [0.1, 0.15) is 18.4 Å². The van der Waals surface area contributed by atoms with Gasteiger partial charge in [-0.2, -0.15) is 0 Å². The maximum atomic E-state index is 11.6. The average molecular weight is 279 g/mol. The lowest BCUT2D eigenvalue weighted by Gasteiger charge is -2.21. The van der Waals surface area contributed by atoms with Crippen molar-refractivity contribution in [3.8, 4) is 0 Å². The summed E-state index contributed by atoms with van der Waals surface area (Å²) in [5.74, 6) is 0.925. The first-order chi connectivity index (χ1) is 9.20. The number of rotatable bonds is 5. The topological polar surface area (TPSA) is 29.5 Å². The molecule has 1 aromatic rings. The van der Waals surface area contributed by atoms with Crippen LogP contribution < -0.4 is 0 Å². The molecular formula is C15H21NO2S. The molecule has 3 nitrogen and oxygen atoms in total. The van der Waals surface area contributed by atoms with E-state index >= 15 is 0 Å². The second-order valence-electron chi connectivity index (χ2n) is 4.88. The normalized spacial score (nSPS) is 19.6. The Morgan fingerprint density at radius 2 is 2.16 bits per heavy atom. The summed E-state index contributed by atoms with van der Waals surface area (Å²) in [5, 5.41) is 0. The van der Waals surface area contributed by atoms with E-state index in [4.69, 9.17) is 4.74 Å². The second kappa shape index (κ2) is 6.96. The molecule has 0 saturated carbocycles. The van der Waals surface area contributed by atoms with E-state index in [2.05, 4.69) is 36.1 Å². The number of carbonyl (C=O) groups excluding carboxylic acids is 1. The van der Waals surface area contributed by atoms with E-state index in [0.29, 0.717) is 0 Å². The quantitative estimate of drug-likeness (QED) is 0.612. The molecule has 1 aromatic carbocycles. The minimum Gasteiger partial charge on any atom is -0.468 e. The fourth-order valence-electron chi connectivity index (χ4n) is 2.41. The molecule has 0 bridgehead atoms. The highest BCUT2D eigenvalue weighted by Crippen LogP contribution is 2.22. The summed E-state index contributed by atoms with van der Waals surface area (Å²) in [5.41, 5.74) is 1.29. The average Bonchev–Trinajstić information content (AvgIpc) is 2.88. The van der Waals surface area contributed by atoms with Crippen molar-refractivity contribution in [2.75, 3.05) is 26.0 Å². The van der Waals surface area contributed by atoms with Crippen LogP contribution >= 0.6 is 11.8 Å². The Balaban J connectivity index is 1.78. The predicted molar refractivity (Wildman–Crippen MR) is 78.5 cm³/mol. The summed E-state index contributed by atoms with van der Waals surface area (Å²) < 4.78 is 4.85. The van der Waals surface area contributed by atoms with E-state index in [-0.39, 0.29) is 12.0 Å². The molecule has 1 aliphatic rings. The number of hydrogen-bond acceptors (Lipinski definition) is 4. The van der Waals surface area contributed by atoms with Crippen molar-refractivity contribution in [3.05, 3.63) is 29.8 Å². The highest BCUT2D eigenvalue weighted by Gasteiger charge is 2.30. The Bertz CT molecular complexity index is 419. The van der Waals surface area contributed by atoms with Gasteiger partial charge in [0.25, 0.3) is 0 Å². The molecule has 1 fully saturated rings. The Morgan fingerprint density at radius 1 is 1.42 bits per heavy atom. The molecule has 1 heterocycles. The first kappa shape index (κ1) is 14.4. The van der Waals surface area contributed by atoms with E-state index in [1.165, 1.54) is 17.6 Å². The van der Waals surface area contributed by atoms with E-state index in [9.17, 15) is 4.79 Å². The summed E-state index contributed by atoms with van der Waals surface area (Å²) in [4.78, 5) is 15.2. The minimum atomic E-state index is -0.0853. The first-order valence-electron chi connectivity index (χ1n) is 6.72. The number of nitrogens with zero attached hydrogens (tertiary/aromatic N) is 1. The van der Waals surface area contributed by atoms with Gasteiger partial charge in [0.05, 0.1) is 7.11 Å². The first-order valence-corrected chi connectivity index (χ1v) is 7.70. The molecule has 0 amide bonds. The van der Waals surface area contributed by atoms with Crippen molar-refractivity contribution in [1.29, 1.82) is 0 Å². The molecule has 0 spiro atoms. The summed E-state index contributed by atoms with van der Waals surface area (Å²) in [7, 11) is 1.47. The van der Waals surface area contributed by atoms with Gasteiger partial charge in [-0.25, -0.2) is 0 Å². The maximum absolute atomic E-state index is 11.6. The highest BCUT2D eigenvalue weighted by atomic mass is 32.2. The van der Waals surface area contributed by atoms with Gasteiger partial charge in [-0.3, -0.25) is 9.69 Å². The van der Waals surface area contributed by atoms with Crippen LogP contribution in [0.15, 0.2) is 29.2 Å². The lowest BCUT2D eigenvalue weighted by atomic mass is 10.2. The highest BCUT2D eigenvalue weighted by molar-refractivity contribution is 7.99. The van der Waals surface area contributed by atoms with Crippen LogP contribution in [0, 0.1) is 6.92 Å². The van der Waals surface area contributed by atoms with Crippen LogP contribution in [0.4, 0.5) is 0 Å². The number of likely N-dealkylation sites (tertiary alicyclic amines) is 1. The van der Waals surface area contributed by atoms with Gasteiger partial charge < -0.3 is 4.74 Å². The van der Waals surface area contributed by atoms with Gasteiger partial charge in [-0.15, -0.1) is 11.8 Å². The minimum absolute atomic E-state index is 0.0244. The maximum Gasteiger partial charge on any atom is 0.323 e. The van der Waals surface area contributed by atoms with Crippen molar-refractivity contribution >= 4 is 17.7 Å². The largest absolute Gasteiger partial charge is 0.468 e. The molecule has 104 valence electrons. The van der Waals surface area contributed by atoms with E-state index in [0.717, 1.165) is 31.7 Å². The molecule has 0 aliphatic carbocycles. The van der Waals surface area contributed by atoms with Crippen LogP contribution in [0.25, 0.3) is 0 Å². The second-order valence-corrected chi connectivity index (χ2v) is 6.05. The molecule has 0 radical (unpaired) electrons. The smallest absolute Gasteiger partial charge is 0.323 e. The Hall–Kier alpha value is -1.00. The Labute approximate surface area is 119 Å². The lowest BCUT2D eigenvalue weighted by Crippen LogP contribution is -2.38. The van der Waals surface area contributed by atoms with Crippen molar-refractivity contribution < 1.29 is 9.53 Å². The zero-order chi connectivity index (χ0) is 13.7. The zero-order valence-electron chi connectivity index (χ0n) is 11.6. The number of esters is 1. The van der Waals surface area contributed by atoms with Crippen molar-refractivity contribution in [2.24, 2.45) is 0 Å². The number of hydrogen-bond donors (Lipinski definition) is 0. The molecule has 19 heavy (non-hydrogen) atoms. The summed E-state index contributed by atoms with van der Waals surface area (Å²) in [6.45, 7) is 4.05. The molecule has 0 aromatic heterocycles. The van der Waals surface area contributed by atoms with Gasteiger partial charge >= 0.3 is 5.97 Å². The number of ether oxygens (including phenoxy) is 1. The molecule has 0 N–H and O–H groups in total. The van der Waals surface area contributed by atoms with Crippen LogP contribution in [-0.2, 0) is 9.53 Å². The lowest BCUT2D eigenvalue weighted by molar-refractivity contribution is -0.145. The summed E-state index contributed by atoms with van der Waals surface area (Å²) >= 11 is 1.84. The number of benzene rings is 1.